The molecule has 2 fully saturated rings. The molecule has 2 saturated heterocycles. The minimum Gasteiger partial charge on any atom is -0.504 e. The highest BCUT2D eigenvalue weighted by molar-refractivity contribution is 7.22. The molecule has 6 rings (SSSR count). The molecule has 2 aliphatic heterocycles. The molecule has 2 aromatic carbocycles. The lowest BCUT2D eigenvalue weighted by molar-refractivity contribution is -0.384. The molecule has 2 aliphatic rings. The number of carbonyl (C=O) groups excluding carboxylic acids is 2. The van der Waals surface area contributed by atoms with Crippen LogP contribution in [0, 0.1) is 20.2 Å². The first kappa shape index (κ1) is 33.2. The highest BCUT2D eigenvalue weighted by Crippen LogP contribution is 2.50. The van der Waals surface area contributed by atoms with E-state index in [9.17, 15) is 50.2 Å². The number of rotatable bonds is 4. The molecule has 16 nitrogen and oxygen atoms in total. The van der Waals surface area contributed by atoms with Gasteiger partial charge in [0, 0.05) is 47.7 Å². The number of nitro benzene ring substituents is 2. The van der Waals surface area contributed by atoms with Gasteiger partial charge in [-0.05, 0) is 0 Å². The molecule has 0 radical (unpaired) electrons. The number of amides is 2. The predicted molar refractivity (Wildman–Crippen MR) is 167 cm³/mol. The molecule has 2 aromatic heterocycles. The highest BCUT2D eigenvalue weighted by Gasteiger charge is 2.33. The van der Waals surface area contributed by atoms with Gasteiger partial charge < -0.3 is 39.7 Å². The third-order valence-electron chi connectivity index (χ3n) is 7.05. The zero-order chi connectivity index (χ0) is 33.4. The number of benzene rings is 2. The quantitative estimate of drug-likeness (QED) is 0.128. The van der Waals surface area contributed by atoms with Crippen molar-refractivity contribution in [2.24, 2.45) is 0 Å². The topological polar surface area (TPSA) is 226 Å². The maximum Gasteiger partial charge on any atom is 0.324 e. The van der Waals surface area contributed by atoms with Crippen LogP contribution in [0.15, 0.2) is 12.1 Å². The van der Waals surface area contributed by atoms with Crippen molar-refractivity contribution in [3.63, 3.8) is 0 Å². The standard InChI is InChI=1S/2C13H11ClN2O6S/c2*14-9-8-7(5-6(17)11(18)10(8)16(20)21)23-12(9)13(19)15-1-3-22-4-2-15/h2*5,17-18H,1-4H2. The summed E-state index contributed by atoms with van der Waals surface area (Å²) in [6, 6.07) is 2.31. The van der Waals surface area contributed by atoms with Gasteiger partial charge in [0.1, 0.15) is 9.75 Å². The number of nitro groups is 2. The Morgan fingerprint density at radius 3 is 1.33 bits per heavy atom. The van der Waals surface area contributed by atoms with Gasteiger partial charge in [-0.1, -0.05) is 23.2 Å². The molecule has 46 heavy (non-hydrogen) atoms. The van der Waals surface area contributed by atoms with E-state index < -0.39 is 44.2 Å². The van der Waals surface area contributed by atoms with E-state index in [0.29, 0.717) is 52.6 Å². The fourth-order valence-corrected chi connectivity index (χ4v) is 7.90. The number of ether oxygens (including phenoxy) is 2. The number of halogens is 2. The molecule has 0 atom stereocenters. The van der Waals surface area contributed by atoms with Crippen LogP contribution in [-0.2, 0) is 9.47 Å². The maximum absolute atomic E-state index is 12.5. The summed E-state index contributed by atoms with van der Waals surface area (Å²) in [7, 11) is 0. The second-order valence-electron chi connectivity index (χ2n) is 9.75. The second kappa shape index (κ2) is 13.3. The average Bonchev–Trinajstić information content (AvgIpc) is 3.53. The molecule has 244 valence electrons. The van der Waals surface area contributed by atoms with Crippen molar-refractivity contribution in [3.8, 4) is 23.0 Å². The minimum atomic E-state index is -0.868. The summed E-state index contributed by atoms with van der Waals surface area (Å²) in [5, 5.41) is 60.8. The number of hydrogen-bond acceptors (Lipinski definition) is 14. The van der Waals surface area contributed by atoms with Crippen molar-refractivity contribution in [1.82, 2.24) is 9.80 Å². The SMILES string of the molecule is O=C(c1sc2cc(O)c(O)c([N+](=O)[O-])c2c1Cl)N1CCOCC1.O=C(c1sc2cc(O)c(O)c([N+](=O)[O-])c2c1Cl)N1CCOCC1. The maximum atomic E-state index is 12.5. The van der Waals surface area contributed by atoms with Gasteiger partial charge in [0.25, 0.3) is 11.8 Å². The Bertz CT molecular complexity index is 1770. The number of morpholine rings is 2. The lowest BCUT2D eigenvalue weighted by Gasteiger charge is -2.26. The third kappa shape index (κ3) is 6.02. The van der Waals surface area contributed by atoms with Gasteiger partial charge in [-0.25, -0.2) is 0 Å². The summed E-state index contributed by atoms with van der Waals surface area (Å²) < 4.78 is 10.9. The van der Waals surface area contributed by atoms with Crippen molar-refractivity contribution >= 4 is 89.2 Å². The van der Waals surface area contributed by atoms with Crippen molar-refractivity contribution < 1.29 is 49.3 Å². The number of phenols is 4. The molecule has 0 bridgehead atoms. The summed E-state index contributed by atoms with van der Waals surface area (Å²) in [4.78, 5) is 49.2. The van der Waals surface area contributed by atoms with Gasteiger partial charge in [0.15, 0.2) is 11.5 Å². The molecule has 4 N–H and O–H groups in total. The summed E-state index contributed by atoms with van der Waals surface area (Å²) >= 11 is 14.2. The van der Waals surface area contributed by atoms with Crippen LogP contribution in [0.3, 0.4) is 0 Å². The molecule has 0 saturated carbocycles. The lowest BCUT2D eigenvalue weighted by atomic mass is 10.2. The van der Waals surface area contributed by atoms with E-state index in [1.165, 1.54) is 0 Å². The number of hydrogen-bond donors (Lipinski definition) is 4. The van der Waals surface area contributed by atoms with E-state index in [1.807, 2.05) is 0 Å². The van der Waals surface area contributed by atoms with Crippen LogP contribution >= 0.6 is 45.9 Å². The van der Waals surface area contributed by atoms with Crippen LogP contribution < -0.4 is 0 Å². The number of nitrogens with zero attached hydrogens (tertiary/aromatic N) is 4. The molecule has 4 aromatic rings. The molecular formula is C26H22Cl2N4O12S2. The van der Waals surface area contributed by atoms with Crippen LogP contribution in [0.1, 0.15) is 19.3 Å². The zero-order valence-electron chi connectivity index (χ0n) is 23.2. The van der Waals surface area contributed by atoms with E-state index in [1.54, 1.807) is 9.80 Å². The van der Waals surface area contributed by atoms with Gasteiger partial charge in [-0.2, -0.15) is 0 Å². The van der Waals surface area contributed by atoms with E-state index in [-0.39, 0.29) is 51.8 Å². The van der Waals surface area contributed by atoms with E-state index in [2.05, 4.69) is 0 Å². The molecule has 20 heteroatoms. The van der Waals surface area contributed by atoms with Crippen molar-refractivity contribution in [2.45, 2.75) is 0 Å². The summed E-state index contributed by atoms with van der Waals surface area (Å²) in [5.74, 6) is -3.71. The summed E-state index contributed by atoms with van der Waals surface area (Å²) in [6.45, 7) is 3.27. The molecule has 4 heterocycles. The molecule has 0 aliphatic carbocycles. The largest absolute Gasteiger partial charge is 0.504 e. The Hall–Kier alpha value is -4.20. The van der Waals surface area contributed by atoms with Gasteiger partial charge in [0.05, 0.1) is 57.1 Å². The molecule has 0 spiro atoms. The first-order valence-corrected chi connectivity index (χ1v) is 15.6. The zero-order valence-corrected chi connectivity index (χ0v) is 26.4. The summed E-state index contributed by atoms with van der Waals surface area (Å²) in [5.41, 5.74) is -1.41. The van der Waals surface area contributed by atoms with Crippen molar-refractivity contribution in [2.75, 3.05) is 52.6 Å². The number of thiophene rings is 2. The van der Waals surface area contributed by atoms with Crippen molar-refractivity contribution in [3.05, 3.63) is 52.2 Å². The van der Waals surface area contributed by atoms with Crippen LogP contribution in [0.5, 0.6) is 23.0 Å². The van der Waals surface area contributed by atoms with Gasteiger partial charge >= 0.3 is 11.4 Å². The van der Waals surface area contributed by atoms with Gasteiger partial charge in [0.2, 0.25) is 11.5 Å². The molecule has 0 unspecified atom stereocenters. The molecular weight excluding hydrogens is 695 g/mol. The van der Waals surface area contributed by atoms with Crippen LogP contribution in [-0.4, -0.2) is 104 Å². The normalized spacial score (nSPS) is 15.1. The first-order valence-electron chi connectivity index (χ1n) is 13.2. The third-order valence-corrected chi connectivity index (χ3v) is 10.3. The van der Waals surface area contributed by atoms with Crippen LogP contribution in [0.4, 0.5) is 11.4 Å². The Labute approximate surface area is 275 Å². The van der Waals surface area contributed by atoms with Gasteiger partial charge in [-0.15, -0.1) is 22.7 Å². The monoisotopic (exact) mass is 716 g/mol. The van der Waals surface area contributed by atoms with Crippen LogP contribution in [0.2, 0.25) is 10.0 Å². The summed E-state index contributed by atoms with van der Waals surface area (Å²) in [6.07, 6.45) is 0. The van der Waals surface area contributed by atoms with E-state index in [4.69, 9.17) is 32.7 Å². The second-order valence-corrected chi connectivity index (χ2v) is 12.6. The Morgan fingerprint density at radius 2 is 1.02 bits per heavy atom. The molecule has 2 amide bonds. The lowest BCUT2D eigenvalue weighted by Crippen LogP contribution is -2.40. The van der Waals surface area contributed by atoms with E-state index in [0.717, 1.165) is 34.8 Å². The van der Waals surface area contributed by atoms with Gasteiger partial charge in [-0.3, -0.25) is 29.8 Å². The minimum absolute atomic E-state index is 0.0476. The first-order chi connectivity index (χ1) is 21.8. The number of carbonyl (C=O) groups is 2. The highest BCUT2D eigenvalue weighted by atomic mass is 35.5. The Kier molecular flexibility index (Phi) is 9.57. The number of phenolic OH excluding ortho intramolecular Hbond substituents is 4. The fourth-order valence-electron chi connectivity index (χ4n) is 4.81. The number of aromatic hydroxyl groups is 4. The Morgan fingerprint density at radius 1 is 0.696 bits per heavy atom. The number of fused-ring (bicyclic) bond motifs is 2. The Balaban J connectivity index is 0.000000181. The van der Waals surface area contributed by atoms with E-state index >= 15 is 0 Å². The fraction of sp³-hybridized carbons (Fsp3) is 0.308. The predicted octanol–water partition coefficient (Wildman–Crippen LogP) is 4.69. The smallest absolute Gasteiger partial charge is 0.324 e. The average molecular weight is 718 g/mol. The van der Waals surface area contributed by atoms with Crippen LogP contribution in [0.25, 0.3) is 20.2 Å². The van der Waals surface area contributed by atoms with Crippen molar-refractivity contribution in [1.29, 1.82) is 0 Å².